The molecule has 1 saturated heterocycles. The lowest BCUT2D eigenvalue weighted by atomic mass is 9.78. The predicted molar refractivity (Wildman–Crippen MR) is 196 cm³/mol. The second-order valence-corrected chi connectivity index (χ2v) is 14.3. The molecule has 1 fully saturated rings. The fraction of sp³-hybridized carbons (Fsp3) is 0.190. The van der Waals surface area contributed by atoms with Gasteiger partial charge in [0.15, 0.2) is 0 Å². The topological polar surface area (TPSA) is 36.5 Å². The molecule has 0 saturated carbocycles. The molecule has 6 aromatic carbocycles. The van der Waals surface area contributed by atoms with Gasteiger partial charge in [-0.2, -0.15) is 0 Å². The van der Waals surface area contributed by atoms with Gasteiger partial charge in [-0.15, -0.1) is 0 Å². The minimum atomic E-state index is -0.514. The summed E-state index contributed by atoms with van der Waals surface area (Å²) in [7, 11) is -0.514. The first kappa shape index (κ1) is 27.3. The average molecular weight is 612 g/mol. The van der Waals surface area contributed by atoms with Crippen molar-refractivity contribution in [3.8, 4) is 5.69 Å². The number of nitrogens with zero attached hydrogens (tertiary/aromatic N) is 1. The highest BCUT2D eigenvalue weighted by Gasteiger charge is 2.52. The first-order chi connectivity index (χ1) is 22.8. The van der Waals surface area contributed by atoms with Crippen LogP contribution >= 0.6 is 0 Å². The van der Waals surface area contributed by atoms with Gasteiger partial charge in [-0.1, -0.05) is 84.9 Å². The third-order valence-corrected chi connectivity index (χ3v) is 11.1. The first-order valence-electron chi connectivity index (χ1n) is 16.7. The Labute approximate surface area is 273 Å². The SMILES string of the molecule is CC1(C)OB(c2cccc3c2oc2c4ccccc4c(-n4c5cc6ccccc6cc5c5c6c(ccc54)CCC=C6)cc32)OC1(C)C. The highest BCUT2D eigenvalue weighted by atomic mass is 16.7. The summed E-state index contributed by atoms with van der Waals surface area (Å²) in [5.41, 5.74) is 8.07. The van der Waals surface area contributed by atoms with Crippen molar-refractivity contribution in [2.75, 3.05) is 0 Å². The summed E-state index contributed by atoms with van der Waals surface area (Å²) in [6.07, 6.45) is 6.82. The number of aromatic nitrogens is 1. The predicted octanol–water partition coefficient (Wildman–Crippen LogP) is 10.2. The average Bonchev–Trinajstić information content (AvgIpc) is 3.69. The number of aryl methyl sites for hydroxylation is 1. The third kappa shape index (κ3) is 3.73. The van der Waals surface area contributed by atoms with Gasteiger partial charge >= 0.3 is 7.12 Å². The smallest absolute Gasteiger partial charge is 0.456 e. The Bertz CT molecular complexity index is 2640. The van der Waals surface area contributed by atoms with E-state index in [0.29, 0.717) is 0 Å². The largest absolute Gasteiger partial charge is 0.498 e. The van der Waals surface area contributed by atoms with E-state index in [4.69, 9.17) is 13.7 Å². The Hall–Kier alpha value is -4.84. The Morgan fingerprint density at radius 2 is 1.34 bits per heavy atom. The molecule has 0 spiro atoms. The van der Waals surface area contributed by atoms with Crippen LogP contribution in [0.15, 0.2) is 108 Å². The van der Waals surface area contributed by atoms with E-state index < -0.39 is 18.3 Å². The number of hydrogen-bond acceptors (Lipinski definition) is 3. The van der Waals surface area contributed by atoms with E-state index in [1.807, 2.05) is 0 Å². The molecule has 0 atom stereocenters. The summed E-state index contributed by atoms with van der Waals surface area (Å²) in [5, 5.41) is 9.48. The van der Waals surface area contributed by atoms with Gasteiger partial charge in [-0.05, 0) is 86.7 Å². The fourth-order valence-electron chi connectivity index (χ4n) is 7.93. The molecule has 0 bridgehead atoms. The van der Waals surface area contributed by atoms with Crippen LogP contribution in [0.25, 0.3) is 77.1 Å². The highest BCUT2D eigenvalue weighted by molar-refractivity contribution is 6.65. The maximum Gasteiger partial charge on any atom is 0.498 e. The van der Waals surface area contributed by atoms with E-state index in [1.165, 1.54) is 43.7 Å². The Kier molecular flexibility index (Phi) is 5.44. The number of hydrogen-bond donors (Lipinski definition) is 0. The molecule has 1 aliphatic heterocycles. The van der Waals surface area contributed by atoms with Crippen molar-refractivity contribution in [2.24, 2.45) is 0 Å². The van der Waals surface area contributed by atoms with Crippen molar-refractivity contribution < 1.29 is 13.7 Å². The fourth-order valence-corrected chi connectivity index (χ4v) is 7.93. The molecule has 0 amide bonds. The Morgan fingerprint density at radius 1 is 0.638 bits per heavy atom. The van der Waals surface area contributed by atoms with Gasteiger partial charge in [0.05, 0.1) is 27.9 Å². The van der Waals surface area contributed by atoms with E-state index in [1.54, 1.807) is 0 Å². The standard InChI is InChI=1S/C42H34BNO3/c1-41(2)42(3,4)47-43(46-41)34-19-11-18-31-32-24-37(29-16-9-10-17-30(29)39(32)45-40(31)34)44-35-21-20-25-12-7-8-15-28(25)38(35)33-22-26-13-5-6-14-27(26)23-36(33)44/h5-6,8-11,13-24H,7,12H2,1-4H3. The van der Waals surface area contributed by atoms with Crippen molar-refractivity contribution in [3.05, 3.63) is 114 Å². The maximum atomic E-state index is 6.85. The third-order valence-electron chi connectivity index (χ3n) is 11.1. The van der Waals surface area contributed by atoms with Crippen LogP contribution in [-0.2, 0) is 15.7 Å². The van der Waals surface area contributed by atoms with Crippen LogP contribution in [0.2, 0.25) is 0 Å². The van der Waals surface area contributed by atoms with E-state index in [2.05, 4.69) is 141 Å². The zero-order valence-electron chi connectivity index (χ0n) is 27.1. The van der Waals surface area contributed by atoms with Crippen LogP contribution in [-0.4, -0.2) is 22.9 Å². The summed E-state index contributed by atoms with van der Waals surface area (Å²) in [5.74, 6) is 0. The van der Waals surface area contributed by atoms with Gasteiger partial charge in [0.2, 0.25) is 0 Å². The molecule has 2 aliphatic rings. The van der Waals surface area contributed by atoms with E-state index >= 15 is 0 Å². The number of fused-ring (bicyclic) bond motifs is 11. The second kappa shape index (κ2) is 9.37. The summed E-state index contributed by atoms with van der Waals surface area (Å²) in [6.45, 7) is 8.36. The van der Waals surface area contributed by atoms with Crippen LogP contribution < -0.4 is 5.46 Å². The molecule has 228 valence electrons. The molecule has 1 aliphatic carbocycles. The maximum absolute atomic E-state index is 6.85. The van der Waals surface area contributed by atoms with Gasteiger partial charge in [-0.3, -0.25) is 0 Å². The van der Waals surface area contributed by atoms with Gasteiger partial charge in [0.25, 0.3) is 0 Å². The van der Waals surface area contributed by atoms with Crippen LogP contribution in [0, 0.1) is 0 Å². The van der Waals surface area contributed by atoms with E-state index in [9.17, 15) is 0 Å². The van der Waals surface area contributed by atoms with E-state index in [0.717, 1.165) is 56.7 Å². The van der Waals surface area contributed by atoms with Crippen molar-refractivity contribution in [2.45, 2.75) is 51.7 Å². The molecular weight excluding hydrogens is 577 g/mol. The van der Waals surface area contributed by atoms with Crippen molar-refractivity contribution in [1.82, 2.24) is 4.57 Å². The molecule has 2 aromatic heterocycles. The number of furan rings is 1. The Balaban J connectivity index is 1.32. The molecule has 47 heavy (non-hydrogen) atoms. The van der Waals surface area contributed by atoms with Gasteiger partial charge in [-0.25, -0.2) is 0 Å². The second-order valence-electron chi connectivity index (χ2n) is 14.3. The number of allylic oxidation sites excluding steroid dienone is 1. The normalized spacial score (nSPS) is 17.2. The number of benzene rings is 6. The summed E-state index contributed by atoms with van der Waals surface area (Å²) >= 11 is 0. The summed E-state index contributed by atoms with van der Waals surface area (Å²) < 4.78 is 22.4. The van der Waals surface area contributed by atoms with E-state index in [-0.39, 0.29) is 0 Å². The zero-order chi connectivity index (χ0) is 31.7. The molecule has 3 heterocycles. The van der Waals surface area contributed by atoms with Crippen molar-refractivity contribution in [3.63, 3.8) is 0 Å². The molecule has 8 aromatic rings. The quantitative estimate of drug-likeness (QED) is 0.183. The molecule has 0 N–H and O–H groups in total. The molecule has 5 heteroatoms. The molecule has 0 radical (unpaired) electrons. The van der Waals surface area contributed by atoms with Crippen LogP contribution in [0.5, 0.6) is 0 Å². The monoisotopic (exact) mass is 611 g/mol. The summed E-state index contributed by atoms with van der Waals surface area (Å²) in [6, 6.07) is 35.4. The lowest BCUT2D eigenvalue weighted by molar-refractivity contribution is 0.00578. The van der Waals surface area contributed by atoms with Crippen molar-refractivity contribution in [1.29, 1.82) is 0 Å². The zero-order valence-corrected chi connectivity index (χ0v) is 27.1. The highest BCUT2D eigenvalue weighted by Crippen LogP contribution is 2.44. The minimum Gasteiger partial charge on any atom is -0.456 e. The van der Waals surface area contributed by atoms with Crippen molar-refractivity contribution >= 4 is 83.9 Å². The van der Waals surface area contributed by atoms with Crippen LogP contribution in [0.4, 0.5) is 0 Å². The summed E-state index contributed by atoms with van der Waals surface area (Å²) in [4.78, 5) is 0. The van der Waals surface area contributed by atoms with Gasteiger partial charge in [0, 0.05) is 37.8 Å². The molecular formula is C42H34BNO3. The minimum absolute atomic E-state index is 0.444. The van der Waals surface area contributed by atoms with Crippen LogP contribution in [0.3, 0.4) is 0 Å². The lowest BCUT2D eigenvalue weighted by Crippen LogP contribution is -2.41. The molecule has 4 nitrogen and oxygen atoms in total. The number of para-hydroxylation sites is 1. The van der Waals surface area contributed by atoms with Crippen LogP contribution in [0.1, 0.15) is 45.2 Å². The van der Waals surface area contributed by atoms with Gasteiger partial charge < -0.3 is 18.3 Å². The first-order valence-corrected chi connectivity index (χ1v) is 16.7. The molecule has 0 unspecified atom stereocenters. The number of rotatable bonds is 2. The Morgan fingerprint density at radius 3 is 2.15 bits per heavy atom. The van der Waals surface area contributed by atoms with Gasteiger partial charge in [0.1, 0.15) is 11.2 Å². The lowest BCUT2D eigenvalue weighted by Gasteiger charge is -2.32. The molecule has 10 rings (SSSR count).